The Morgan fingerprint density at radius 3 is 1.32 bits per heavy atom. The SMILES string of the molecule is CC(C)C[C@H](NC(=O)[C@H](C)NC(=O)[C@@H](N)CSCCC(=O)c1ccc2cc(N(C)C)ccc2c1)C(=O)N[C@@H](CC(C)C)C(=O)N[C@@H](CCC(N)=O)C(=O)N[C@@H](CO)C(=O)N[C@@H](CCCN=C(N)N)C(=O)N[C@@H](CC(C)C)C(=O)N[C@@H](CC(C)C)C(=O)N[C@@H](CO)C(=O)O. The number of anilines is 1. The third-order valence-electron chi connectivity index (χ3n) is 14.4. The van der Waals surface area contributed by atoms with Gasteiger partial charge in [-0.25, -0.2) is 4.79 Å². The number of nitrogens with one attached hydrogen (secondary N) is 9. The highest BCUT2D eigenvalue weighted by atomic mass is 32.2. The lowest BCUT2D eigenvalue weighted by Crippen LogP contribution is -2.61. The first-order valence-electron chi connectivity index (χ1n) is 31.2. The van der Waals surface area contributed by atoms with Crippen LogP contribution >= 0.6 is 11.8 Å². The van der Waals surface area contributed by atoms with Gasteiger partial charge in [0.2, 0.25) is 59.1 Å². The van der Waals surface area contributed by atoms with Crippen LogP contribution in [0.2, 0.25) is 0 Å². The molecule has 2 aromatic carbocycles. The molecule has 93 heavy (non-hydrogen) atoms. The number of rotatable bonds is 43. The zero-order valence-corrected chi connectivity index (χ0v) is 56.1. The van der Waals surface area contributed by atoms with Gasteiger partial charge in [-0.1, -0.05) is 73.6 Å². The van der Waals surface area contributed by atoms with E-state index in [1.807, 2.05) is 49.3 Å². The fourth-order valence-electron chi connectivity index (χ4n) is 9.39. The number of ketones is 1. The van der Waals surface area contributed by atoms with Crippen LogP contribution in [0.3, 0.4) is 0 Å². The highest BCUT2D eigenvalue weighted by Gasteiger charge is 2.36. The van der Waals surface area contributed by atoms with Gasteiger partial charge < -0.3 is 91.0 Å². The number of carboxylic acid groups (broad SMARTS) is 1. The molecule has 0 spiro atoms. The average Bonchev–Trinajstić information content (AvgIpc) is 0.889. The van der Waals surface area contributed by atoms with E-state index in [2.05, 4.69) is 52.8 Å². The van der Waals surface area contributed by atoms with Crippen molar-refractivity contribution in [1.29, 1.82) is 0 Å². The molecule has 0 heterocycles. The highest BCUT2D eigenvalue weighted by Crippen LogP contribution is 2.23. The van der Waals surface area contributed by atoms with Crippen LogP contribution in [-0.4, -0.2) is 198 Å². The zero-order valence-electron chi connectivity index (χ0n) is 55.3. The first-order chi connectivity index (χ1) is 43.6. The molecule has 0 aromatic heterocycles. The molecule has 30 nitrogen and oxygen atoms in total. The molecule has 0 aliphatic heterocycles. The van der Waals surface area contributed by atoms with Crippen molar-refractivity contribution < 1.29 is 72.9 Å². The third kappa shape index (κ3) is 30.0. The van der Waals surface area contributed by atoms with Gasteiger partial charge in [-0.15, -0.1) is 0 Å². The van der Waals surface area contributed by atoms with Crippen LogP contribution in [0, 0.1) is 23.7 Å². The molecule has 31 heteroatoms. The van der Waals surface area contributed by atoms with Crippen molar-refractivity contribution in [3.05, 3.63) is 42.0 Å². The molecule has 10 amide bonds. The average molecular weight is 1330 g/mol. The smallest absolute Gasteiger partial charge is 0.328 e. The summed E-state index contributed by atoms with van der Waals surface area (Å²) in [6.45, 7) is 13.4. The Balaban J connectivity index is 2.26. The third-order valence-corrected chi connectivity index (χ3v) is 15.5. The minimum absolute atomic E-state index is 0.000986. The van der Waals surface area contributed by atoms with E-state index in [-0.39, 0.29) is 92.7 Å². The second kappa shape index (κ2) is 40.7. The van der Waals surface area contributed by atoms with E-state index in [9.17, 15) is 72.9 Å². The van der Waals surface area contributed by atoms with Gasteiger partial charge >= 0.3 is 5.97 Å². The van der Waals surface area contributed by atoms with E-state index in [1.165, 1.54) is 18.7 Å². The number of aliphatic hydroxyl groups is 2. The summed E-state index contributed by atoms with van der Waals surface area (Å²) in [4.78, 5) is 167. The molecule has 2 rings (SSSR count). The maximum absolute atomic E-state index is 14.2. The Kier molecular flexibility index (Phi) is 35.5. The van der Waals surface area contributed by atoms with Gasteiger partial charge in [0.25, 0.3) is 0 Å². The summed E-state index contributed by atoms with van der Waals surface area (Å²) < 4.78 is 0. The number of hydrogen-bond acceptors (Lipinski definition) is 18. The molecule has 0 fully saturated rings. The second-order valence-corrected chi connectivity index (χ2v) is 26.0. The van der Waals surface area contributed by atoms with Gasteiger partial charge in [0.15, 0.2) is 11.7 Å². The van der Waals surface area contributed by atoms with Gasteiger partial charge in [0.1, 0.15) is 54.4 Å². The first-order valence-corrected chi connectivity index (χ1v) is 32.3. The molecule has 520 valence electrons. The number of nitrogens with two attached hydrogens (primary N) is 4. The number of guanidine groups is 1. The number of nitrogens with zero attached hydrogens (tertiary/aromatic N) is 2. The van der Waals surface area contributed by atoms with E-state index in [1.54, 1.807) is 61.5 Å². The number of primary amides is 1. The van der Waals surface area contributed by atoms with E-state index in [0.29, 0.717) is 11.3 Å². The quantitative estimate of drug-likeness (QED) is 0.0155. The number of carbonyl (C=O) groups excluding carboxylic acids is 11. The largest absolute Gasteiger partial charge is 0.480 e. The van der Waals surface area contributed by atoms with Crippen molar-refractivity contribution in [3.8, 4) is 0 Å². The standard InChI is InChI=1S/C62H101N15O15S/c1-32(2)23-44(71-52(82)36(9)68-53(83)41(63)31-93-22-20-50(80)39-15-14-38-28-40(77(10)11)17-16-37(38)27-39)57(87)73-45(24-33(3)4)56(86)70-43(18-19-51(64)81)55(85)75-48(29-78)60(90)69-42(13-12-21-67-62(65)66)54(84)72-46(25-34(5)6)58(88)74-47(26-35(7)8)59(89)76-49(30-79)61(91)92/h14-17,27-28,32-36,41-49,78-79H,12-13,18-26,29-31,63H2,1-11H3,(H2,64,81)(H,68,83)(H,69,90)(H,70,86)(H,71,82)(H,72,84)(H,73,87)(H,74,88)(H,75,85)(H,76,89)(H,91,92)(H4,65,66,67)/t36-,41-,42-,43-,44-,45-,46-,47-,48-,49-/m0/s1. The van der Waals surface area contributed by atoms with E-state index < -0.39 is 152 Å². The van der Waals surface area contributed by atoms with Crippen molar-refractivity contribution in [2.75, 3.05) is 50.3 Å². The minimum Gasteiger partial charge on any atom is -0.480 e. The number of aliphatic imine (C=N–C) groups is 1. The van der Waals surface area contributed by atoms with Crippen LogP contribution in [0.1, 0.15) is 130 Å². The van der Waals surface area contributed by atoms with Crippen molar-refractivity contribution in [1.82, 2.24) is 47.9 Å². The number of amides is 10. The van der Waals surface area contributed by atoms with Crippen LogP contribution in [0.15, 0.2) is 41.4 Å². The summed E-state index contributed by atoms with van der Waals surface area (Å²) in [5, 5.41) is 53.9. The number of benzene rings is 2. The van der Waals surface area contributed by atoms with Gasteiger partial charge in [0.05, 0.1) is 19.3 Å². The summed E-state index contributed by atoms with van der Waals surface area (Å²) in [5.41, 5.74) is 24.2. The molecule has 0 aliphatic rings. The minimum atomic E-state index is -1.83. The predicted octanol–water partition coefficient (Wildman–Crippen LogP) is -1.51. The summed E-state index contributed by atoms with van der Waals surface area (Å²) in [6, 6.07) is -2.66. The van der Waals surface area contributed by atoms with Crippen molar-refractivity contribution in [3.63, 3.8) is 0 Å². The summed E-state index contributed by atoms with van der Waals surface area (Å²) in [5.74, 6) is -11.2. The molecule has 0 aliphatic carbocycles. The molecular weight excluding hydrogens is 1230 g/mol. The van der Waals surface area contributed by atoms with Crippen LogP contribution in [-0.2, 0) is 52.7 Å². The van der Waals surface area contributed by atoms with Crippen LogP contribution in [0.4, 0.5) is 5.69 Å². The maximum Gasteiger partial charge on any atom is 0.328 e. The zero-order chi connectivity index (χ0) is 70.4. The van der Waals surface area contributed by atoms with Gasteiger partial charge in [0, 0.05) is 56.2 Å². The lowest BCUT2D eigenvalue weighted by Gasteiger charge is -2.28. The number of aliphatic carboxylic acids is 1. The van der Waals surface area contributed by atoms with Gasteiger partial charge in [-0.3, -0.25) is 57.7 Å². The van der Waals surface area contributed by atoms with Crippen molar-refractivity contribution >= 4 is 105 Å². The number of thioether (sulfide) groups is 1. The predicted molar refractivity (Wildman–Crippen MR) is 354 cm³/mol. The summed E-state index contributed by atoms with van der Waals surface area (Å²) >= 11 is 1.30. The number of hydrogen-bond donors (Lipinski definition) is 16. The lowest BCUT2D eigenvalue weighted by molar-refractivity contribution is -0.143. The molecule has 0 saturated heterocycles. The molecule has 0 bridgehead atoms. The fraction of sp³-hybridized carbons (Fsp3) is 0.629. The van der Waals surface area contributed by atoms with Crippen LogP contribution < -0.4 is 75.7 Å². The van der Waals surface area contributed by atoms with Crippen LogP contribution in [0.25, 0.3) is 10.8 Å². The number of fused-ring (bicyclic) bond motifs is 1. The molecule has 0 radical (unpaired) electrons. The second-order valence-electron chi connectivity index (χ2n) is 24.9. The monoisotopic (exact) mass is 1330 g/mol. The Morgan fingerprint density at radius 2 is 0.892 bits per heavy atom. The topological polar surface area (TPSA) is 493 Å². The molecule has 0 saturated carbocycles. The number of Topliss-reactive ketones (excluding diaryl/α,β-unsaturated/α-hetero) is 1. The molecule has 20 N–H and O–H groups in total. The van der Waals surface area contributed by atoms with Crippen molar-refractivity contribution in [2.45, 2.75) is 181 Å². The molecule has 0 unspecified atom stereocenters. The molecule has 10 atom stereocenters. The van der Waals surface area contributed by atoms with Crippen molar-refractivity contribution in [2.24, 2.45) is 51.6 Å². The Labute approximate surface area is 547 Å². The Morgan fingerprint density at radius 1 is 0.495 bits per heavy atom. The number of aliphatic hydroxyl groups excluding tert-OH is 2. The van der Waals surface area contributed by atoms with Gasteiger partial charge in [-0.2, -0.15) is 11.8 Å². The molecular formula is C62H101N15O15S. The van der Waals surface area contributed by atoms with E-state index in [0.717, 1.165) is 16.5 Å². The Hall–Kier alpha value is -8.16. The summed E-state index contributed by atoms with van der Waals surface area (Å²) in [7, 11) is 3.89. The number of carboxylic acids is 1. The maximum atomic E-state index is 14.2. The fourth-order valence-corrected chi connectivity index (χ4v) is 10.3. The van der Waals surface area contributed by atoms with E-state index >= 15 is 0 Å². The normalized spacial score (nSPS) is 14.6. The number of carbonyl (C=O) groups is 12. The van der Waals surface area contributed by atoms with E-state index in [4.69, 9.17) is 22.9 Å². The summed E-state index contributed by atoms with van der Waals surface area (Å²) in [6.07, 6.45) is -0.744. The van der Waals surface area contributed by atoms with Crippen LogP contribution in [0.5, 0.6) is 0 Å². The molecule has 2 aromatic rings. The highest BCUT2D eigenvalue weighted by molar-refractivity contribution is 7.99. The first kappa shape index (κ1) is 80.9. The Bertz CT molecular complexity index is 2910. The lowest BCUT2D eigenvalue weighted by atomic mass is 9.99. The van der Waals surface area contributed by atoms with Gasteiger partial charge in [-0.05, 0) is 105 Å².